The maximum Gasteiger partial charge on any atom is 0.410 e. The first-order valence-corrected chi connectivity index (χ1v) is 6.50. The number of carbonyl (C=O) groups excluding carboxylic acids is 1. The van der Waals surface area contributed by atoms with Crippen LogP contribution in [-0.4, -0.2) is 40.3 Å². The zero-order valence-corrected chi connectivity index (χ0v) is 11.2. The van der Waals surface area contributed by atoms with Crippen LogP contribution in [0.3, 0.4) is 0 Å². The number of ether oxygens (including phenoxy) is 1. The first-order valence-electron chi connectivity index (χ1n) is 6.50. The number of amides is 1. The summed E-state index contributed by atoms with van der Waals surface area (Å²) in [6.07, 6.45) is 2.23. The van der Waals surface area contributed by atoms with Gasteiger partial charge < -0.3 is 14.7 Å². The highest BCUT2D eigenvalue weighted by Crippen LogP contribution is 2.40. The van der Waals surface area contributed by atoms with Gasteiger partial charge in [-0.1, -0.05) is 0 Å². The van der Waals surface area contributed by atoms with E-state index < -0.39 is 17.5 Å². The fraction of sp³-hybridized carbons (Fsp3) is 0.846. The molecular formula is C13H21NO4. The van der Waals surface area contributed by atoms with Crippen molar-refractivity contribution in [3.8, 4) is 0 Å². The average Bonchev–Trinajstić information content (AvgIpc) is 2.59. The second-order valence-electron chi connectivity index (χ2n) is 6.30. The Kier molecular flexibility index (Phi) is 3.25. The molecule has 2 bridgehead atoms. The van der Waals surface area contributed by atoms with Crippen molar-refractivity contribution in [1.82, 2.24) is 4.90 Å². The van der Waals surface area contributed by atoms with E-state index in [0.29, 0.717) is 6.54 Å². The third-order valence-corrected chi connectivity index (χ3v) is 3.79. The molecule has 3 unspecified atom stereocenters. The molecular weight excluding hydrogens is 234 g/mol. The van der Waals surface area contributed by atoms with Gasteiger partial charge in [0.05, 0.1) is 5.92 Å². The van der Waals surface area contributed by atoms with Gasteiger partial charge in [0, 0.05) is 12.6 Å². The summed E-state index contributed by atoms with van der Waals surface area (Å²) in [5, 5.41) is 9.21. The zero-order valence-electron chi connectivity index (χ0n) is 11.2. The maximum absolute atomic E-state index is 12.1. The molecule has 0 radical (unpaired) electrons. The minimum absolute atomic E-state index is 0.167. The van der Waals surface area contributed by atoms with Crippen molar-refractivity contribution < 1.29 is 19.4 Å². The van der Waals surface area contributed by atoms with Crippen LogP contribution in [0.25, 0.3) is 0 Å². The molecule has 2 fully saturated rings. The van der Waals surface area contributed by atoms with Crippen LogP contribution in [0.2, 0.25) is 0 Å². The van der Waals surface area contributed by atoms with Crippen LogP contribution in [-0.2, 0) is 9.53 Å². The van der Waals surface area contributed by atoms with Gasteiger partial charge in [-0.2, -0.15) is 0 Å². The van der Waals surface area contributed by atoms with Gasteiger partial charge in [-0.3, -0.25) is 4.79 Å². The molecule has 2 rings (SSSR count). The number of nitrogens with zero attached hydrogens (tertiary/aromatic N) is 1. The first kappa shape index (κ1) is 13.2. The summed E-state index contributed by atoms with van der Waals surface area (Å²) in [6, 6.07) is 0.167. The molecule has 2 aliphatic rings. The Morgan fingerprint density at radius 1 is 1.28 bits per heavy atom. The number of carboxylic acids is 1. The third-order valence-electron chi connectivity index (χ3n) is 3.79. The molecule has 1 heterocycles. The fourth-order valence-corrected chi connectivity index (χ4v) is 2.97. The standard InChI is InChI=1S/C13H21NO4/c1-13(2,3)18-12(17)14-7-10(11(15)16)8-4-5-9(14)6-8/h8-10H,4-7H2,1-3H3,(H,15,16). The van der Waals surface area contributed by atoms with E-state index in [-0.39, 0.29) is 18.1 Å². The molecule has 3 atom stereocenters. The minimum Gasteiger partial charge on any atom is -0.481 e. The number of aliphatic carboxylic acids is 1. The largest absolute Gasteiger partial charge is 0.481 e. The molecule has 18 heavy (non-hydrogen) atoms. The maximum atomic E-state index is 12.1. The van der Waals surface area contributed by atoms with Gasteiger partial charge in [-0.05, 0) is 46.0 Å². The van der Waals surface area contributed by atoms with Crippen molar-refractivity contribution in [2.45, 2.75) is 51.7 Å². The minimum atomic E-state index is -0.797. The molecule has 0 aromatic heterocycles. The van der Waals surface area contributed by atoms with Gasteiger partial charge in [0.15, 0.2) is 0 Å². The lowest BCUT2D eigenvalue weighted by molar-refractivity contribution is -0.145. The Bertz CT molecular complexity index is 360. The fourth-order valence-electron chi connectivity index (χ4n) is 2.97. The van der Waals surface area contributed by atoms with Crippen LogP contribution in [0, 0.1) is 11.8 Å². The van der Waals surface area contributed by atoms with E-state index in [0.717, 1.165) is 19.3 Å². The highest BCUT2D eigenvalue weighted by atomic mass is 16.6. The van der Waals surface area contributed by atoms with Crippen molar-refractivity contribution >= 4 is 12.1 Å². The molecule has 0 spiro atoms. The van der Waals surface area contributed by atoms with Crippen molar-refractivity contribution in [3.63, 3.8) is 0 Å². The Morgan fingerprint density at radius 2 is 1.94 bits per heavy atom. The van der Waals surface area contributed by atoms with E-state index in [1.807, 2.05) is 20.8 Å². The molecule has 1 N–H and O–H groups in total. The quantitative estimate of drug-likeness (QED) is 0.779. The summed E-state index contributed by atoms with van der Waals surface area (Å²) in [6.45, 7) is 5.75. The molecule has 1 aliphatic carbocycles. The number of piperidine rings is 1. The monoisotopic (exact) mass is 255 g/mol. The van der Waals surface area contributed by atoms with Crippen molar-refractivity contribution in [2.75, 3.05) is 6.54 Å². The predicted octanol–water partition coefficient (Wildman–Crippen LogP) is 2.11. The van der Waals surface area contributed by atoms with E-state index in [1.54, 1.807) is 4.90 Å². The number of fused-ring (bicyclic) bond motifs is 2. The average molecular weight is 255 g/mol. The summed E-state index contributed by atoms with van der Waals surface area (Å²) >= 11 is 0. The second kappa shape index (κ2) is 4.44. The number of likely N-dealkylation sites (tertiary alicyclic amines) is 1. The molecule has 5 heteroatoms. The topological polar surface area (TPSA) is 66.8 Å². The van der Waals surface area contributed by atoms with E-state index in [9.17, 15) is 14.7 Å². The summed E-state index contributed by atoms with van der Waals surface area (Å²) < 4.78 is 5.35. The Labute approximate surface area is 107 Å². The summed E-state index contributed by atoms with van der Waals surface area (Å²) in [4.78, 5) is 24.9. The SMILES string of the molecule is CC(C)(C)OC(=O)N1CC(C(=O)O)C2CCC1C2. The Hall–Kier alpha value is -1.26. The summed E-state index contributed by atoms with van der Waals surface area (Å²) in [7, 11) is 0. The Morgan fingerprint density at radius 3 is 2.50 bits per heavy atom. The molecule has 5 nitrogen and oxygen atoms in total. The first-order chi connectivity index (χ1) is 8.28. The molecule has 1 saturated carbocycles. The van der Waals surface area contributed by atoms with Gasteiger partial charge >= 0.3 is 12.1 Å². The molecule has 102 valence electrons. The van der Waals surface area contributed by atoms with Crippen LogP contribution < -0.4 is 0 Å². The van der Waals surface area contributed by atoms with Gasteiger partial charge in [-0.25, -0.2) is 4.79 Å². The third kappa shape index (κ3) is 2.60. The Balaban J connectivity index is 2.08. The van der Waals surface area contributed by atoms with E-state index in [4.69, 9.17) is 4.74 Å². The highest BCUT2D eigenvalue weighted by Gasteiger charge is 2.46. The lowest BCUT2D eigenvalue weighted by Crippen LogP contribution is -2.49. The number of hydrogen-bond donors (Lipinski definition) is 1. The van der Waals surface area contributed by atoms with Crippen molar-refractivity contribution in [1.29, 1.82) is 0 Å². The van der Waals surface area contributed by atoms with E-state index >= 15 is 0 Å². The second-order valence-corrected chi connectivity index (χ2v) is 6.30. The lowest BCUT2D eigenvalue weighted by atomic mass is 9.87. The van der Waals surface area contributed by atoms with E-state index in [2.05, 4.69) is 0 Å². The molecule has 1 amide bonds. The smallest absolute Gasteiger partial charge is 0.410 e. The predicted molar refractivity (Wildman–Crippen MR) is 65.2 cm³/mol. The number of rotatable bonds is 1. The van der Waals surface area contributed by atoms with Crippen molar-refractivity contribution in [2.24, 2.45) is 11.8 Å². The van der Waals surface area contributed by atoms with Crippen LogP contribution in [0.4, 0.5) is 4.79 Å². The summed E-state index contributed by atoms with van der Waals surface area (Å²) in [5.41, 5.74) is -0.536. The van der Waals surface area contributed by atoms with Gasteiger partial charge in [-0.15, -0.1) is 0 Å². The van der Waals surface area contributed by atoms with Crippen LogP contribution in [0.5, 0.6) is 0 Å². The zero-order chi connectivity index (χ0) is 13.5. The highest BCUT2D eigenvalue weighted by molar-refractivity contribution is 5.74. The normalized spacial score (nSPS) is 31.3. The van der Waals surface area contributed by atoms with Crippen LogP contribution >= 0.6 is 0 Å². The van der Waals surface area contributed by atoms with Crippen LogP contribution in [0.15, 0.2) is 0 Å². The lowest BCUT2D eigenvalue weighted by Gasteiger charge is -2.37. The molecule has 1 aliphatic heterocycles. The summed E-state index contributed by atoms with van der Waals surface area (Å²) in [5.74, 6) is -1.00. The van der Waals surface area contributed by atoms with Gasteiger partial charge in [0.25, 0.3) is 0 Å². The van der Waals surface area contributed by atoms with E-state index in [1.165, 1.54) is 0 Å². The molecule has 0 aromatic carbocycles. The molecule has 0 aromatic rings. The molecule has 1 saturated heterocycles. The number of hydrogen-bond acceptors (Lipinski definition) is 3. The van der Waals surface area contributed by atoms with Crippen LogP contribution in [0.1, 0.15) is 40.0 Å². The number of carbonyl (C=O) groups is 2. The number of carboxylic acid groups (broad SMARTS) is 1. The van der Waals surface area contributed by atoms with Gasteiger partial charge in [0.2, 0.25) is 0 Å². The van der Waals surface area contributed by atoms with Crippen molar-refractivity contribution in [3.05, 3.63) is 0 Å². The van der Waals surface area contributed by atoms with Gasteiger partial charge in [0.1, 0.15) is 5.60 Å².